The van der Waals surface area contributed by atoms with E-state index < -0.39 is 5.72 Å². The van der Waals surface area contributed by atoms with E-state index >= 15 is 0 Å². The van der Waals surface area contributed by atoms with E-state index in [9.17, 15) is 9.90 Å². The molecular formula is C26H30N4O2. The van der Waals surface area contributed by atoms with E-state index in [2.05, 4.69) is 57.3 Å². The van der Waals surface area contributed by atoms with E-state index in [0.29, 0.717) is 18.2 Å². The highest BCUT2D eigenvalue weighted by Crippen LogP contribution is 2.29. The molecule has 6 nitrogen and oxygen atoms in total. The Morgan fingerprint density at radius 2 is 1.88 bits per heavy atom. The molecule has 0 spiro atoms. The van der Waals surface area contributed by atoms with Crippen molar-refractivity contribution in [3.63, 3.8) is 0 Å². The van der Waals surface area contributed by atoms with Crippen molar-refractivity contribution in [1.82, 2.24) is 19.8 Å². The van der Waals surface area contributed by atoms with Crippen LogP contribution in [0, 0.1) is 0 Å². The lowest BCUT2D eigenvalue weighted by Gasteiger charge is -2.40. The molecule has 3 aromatic rings. The lowest BCUT2D eigenvalue weighted by atomic mass is 9.90. The summed E-state index contributed by atoms with van der Waals surface area (Å²) in [6, 6.07) is 18.8. The molecular weight excluding hydrogens is 400 g/mol. The van der Waals surface area contributed by atoms with Gasteiger partial charge in [-0.1, -0.05) is 54.6 Å². The molecule has 32 heavy (non-hydrogen) atoms. The summed E-state index contributed by atoms with van der Waals surface area (Å²) < 4.78 is 2.09. The smallest absolute Gasteiger partial charge is 0.271 e. The molecule has 2 atom stereocenters. The van der Waals surface area contributed by atoms with Crippen LogP contribution >= 0.6 is 0 Å². The van der Waals surface area contributed by atoms with Gasteiger partial charge in [0.25, 0.3) is 5.91 Å². The number of nitrogens with one attached hydrogen (secondary N) is 1. The predicted molar refractivity (Wildman–Crippen MR) is 123 cm³/mol. The van der Waals surface area contributed by atoms with Crippen molar-refractivity contribution < 1.29 is 9.90 Å². The molecule has 3 heterocycles. The minimum absolute atomic E-state index is 0.156. The Kier molecular flexibility index (Phi) is 5.57. The van der Waals surface area contributed by atoms with Gasteiger partial charge in [-0.15, -0.1) is 0 Å². The minimum atomic E-state index is -1.12. The van der Waals surface area contributed by atoms with Gasteiger partial charge in [-0.25, -0.2) is 4.98 Å². The van der Waals surface area contributed by atoms with Gasteiger partial charge in [0.15, 0.2) is 0 Å². The molecule has 1 amide bonds. The monoisotopic (exact) mass is 430 g/mol. The normalized spacial score (nSPS) is 20.1. The zero-order chi connectivity index (χ0) is 22.1. The van der Waals surface area contributed by atoms with Crippen LogP contribution in [0.3, 0.4) is 0 Å². The number of imidazole rings is 1. The fourth-order valence-electron chi connectivity index (χ4n) is 4.90. The summed E-state index contributed by atoms with van der Waals surface area (Å²) in [6.45, 7) is 4.23. The number of aromatic nitrogens is 2. The fourth-order valence-corrected chi connectivity index (χ4v) is 4.90. The molecule has 0 saturated carbocycles. The molecule has 6 heteroatoms. The van der Waals surface area contributed by atoms with Gasteiger partial charge in [-0.2, -0.15) is 0 Å². The Morgan fingerprint density at radius 3 is 2.69 bits per heavy atom. The molecule has 5 rings (SSSR count). The van der Waals surface area contributed by atoms with E-state index in [1.165, 1.54) is 16.7 Å². The number of nitrogens with zero attached hydrogens (tertiary/aromatic N) is 3. The van der Waals surface area contributed by atoms with Crippen LogP contribution in [0.15, 0.2) is 60.8 Å². The molecule has 2 unspecified atom stereocenters. The maximum Gasteiger partial charge on any atom is 0.271 e. The van der Waals surface area contributed by atoms with Gasteiger partial charge < -0.3 is 15.0 Å². The third kappa shape index (κ3) is 4.20. The Bertz CT molecular complexity index is 1110. The molecule has 2 aromatic carbocycles. The van der Waals surface area contributed by atoms with E-state index in [1.807, 2.05) is 23.2 Å². The van der Waals surface area contributed by atoms with Crippen molar-refractivity contribution in [3.8, 4) is 0 Å². The second-order valence-electron chi connectivity index (χ2n) is 9.18. The van der Waals surface area contributed by atoms with Gasteiger partial charge in [0.1, 0.15) is 17.2 Å². The summed E-state index contributed by atoms with van der Waals surface area (Å²) >= 11 is 0. The van der Waals surface area contributed by atoms with Gasteiger partial charge in [0.05, 0.1) is 6.54 Å². The number of benzene rings is 2. The lowest BCUT2D eigenvalue weighted by molar-refractivity contribution is -0.0974. The Labute approximate surface area is 188 Å². The molecule has 2 N–H and O–H groups in total. The van der Waals surface area contributed by atoms with E-state index in [0.717, 1.165) is 38.2 Å². The molecule has 166 valence electrons. The number of aryl methyl sites for hydroxylation is 1. The van der Waals surface area contributed by atoms with Crippen molar-refractivity contribution >= 4 is 5.91 Å². The number of amides is 1. The van der Waals surface area contributed by atoms with Gasteiger partial charge in [0, 0.05) is 32.3 Å². The number of rotatable bonds is 5. The second kappa shape index (κ2) is 8.52. The molecule has 0 fully saturated rings. The number of carbonyl (C=O) groups excluding carboxylic acids is 1. The van der Waals surface area contributed by atoms with Crippen LogP contribution in [0.1, 0.15) is 52.3 Å². The third-order valence-corrected chi connectivity index (χ3v) is 6.91. The zero-order valence-electron chi connectivity index (χ0n) is 18.5. The molecule has 2 aliphatic rings. The Balaban J connectivity index is 1.21. The third-order valence-electron chi connectivity index (χ3n) is 6.91. The van der Waals surface area contributed by atoms with Gasteiger partial charge in [-0.3, -0.25) is 9.69 Å². The van der Waals surface area contributed by atoms with Crippen LogP contribution in [0.5, 0.6) is 0 Å². The highest BCUT2D eigenvalue weighted by Gasteiger charge is 2.32. The van der Waals surface area contributed by atoms with E-state index in [-0.39, 0.29) is 12.5 Å². The average Bonchev–Trinajstić information content (AvgIpc) is 3.26. The van der Waals surface area contributed by atoms with Crippen molar-refractivity contribution in [3.05, 3.63) is 89.0 Å². The molecule has 0 radical (unpaired) electrons. The fraction of sp³-hybridized carbons (Fsp3) is 0.385. The minimum Gasteiger partial charge on any atom is -0.374 e. The van der Waals surface area contributed by atoms with E-state index in [1.54, 1.807) is 6.92 Å². The first-order chi connectivity index (χ1) is 15.5. The van der Waals surface area contributed by atoms with E-state index in [4.69, 9.17) is 0 Å². The maximum atomic E-state index is 12.8. The van der Waals surface area contributed by atoms with Gasteiger partial charge >= 0.3 is 0 Å². The first-order valence-corrected chi connectivity index (χ1v) is 11.4. The van der Waals surface area contributed by atoms with Crippen LogP contribution in [0.2, 0.25) is 0 Å². The lowest BCUT2D eigenvalue weighted by Crippen LogP contribution is -2.55. The maximum absolute atomic E-state index is 12.8. The second-order valence-corrected chi connectivity index (χ2v) is 9.18. The van der Waals surface area contributed by atoms with Crippen LogP contribution in [-0.4, -0.2) is 44.3 Å². The van der Waals surface area contributed by atoms with Crippen molar-refractivity contribution in [1.29, 1.82) is 0 Å². The average molecular weight is 431 g/mol. The molecule has 2 aliphatic heterocycles. The number of aliphatic hydroxyl groups is 1. The van der Waals surface area contributed by atoms with Gasteiger partial charge in [0.2, 0.25) is 0 Å². The summed E-state index contributed by atoms with van der Waals surface area (Å²) in [5.41, 5.74) is 3.20. The standard InChI is InChI=1S/C26H30N4O2/c1-26(32,30-14-12-20-9-5-6-10-22(20)16-30)18-27-25(31)23-17-29-13-11-21(15-24(29)28-23)19-7-3-2-4-8-19/h2-10,17,21,32H,11-16,18H2,1H3,(H,27,31). The SMILES string of the molecule is CC(O)(CNC(=O)c1cn2c(n1)CC(c1ccccc1)CC2)N1CCc2ccccc2C1. The van der Waals surface area contributed by atoms with Crippen LogP contribution < -0.4 is 5.32 Å². The van der Waals surface area contributed by atoms with Crippen molar-refractivity contribution in [2.24, 2.45) is 0 Å². The summed E-state index contributed by atoms with van der Waals surface area (Å²) in [4.78, 5) is 19.5. The number of carbonyl (C=O) groups is 1. The van der Waals surface area contributed by atoms with Crippen molar-refractivity contribution in [2.75, 3.05) is 13.1 Å². The first kappa shape index (κ1) is 20.9. The van der Waals surface area contributed by atoms with Gasteiger partial charge in [-0.05, 0) is 42.4 Å². The highest BCUT2D eigenvalue weighted by atomic mass is 16.3. The van der Waals surface area contributed by atoms with Crippen LogP contribution in [-0.2, 0) is 25.9 Å². The summed E-state index contributed by atoms with van der Waals surface area (Å²) in [5, 5.41) is 14.0. The van der Waals surface area contributed by atoms with Crippen molar-refractivity contribution in [2.45, 2.75) is 50.9 Å². The summed E-state index contributed by atoms with van der Waals surface area (Å²) in [5.74, 6) is 1.15. The number of hydrogen-bond donors (Lipinski definition) is 2. The first-order valence-electron chi connectivity index (χ1n) is 11.4. The zero-order valence-corrected chi connectivity index (χ0v) is 18.5. The predicted octanol–water partition coefficient (Wildman–Crippen LogP) is 3.11. The summed E-state index contributed by atoms with van der Waals surface area (Å²) in [6.07, 6.45) is 4.62. The number of fused-ring (bicyclic) bond motifs is 2. The number of hydrogen-bond acceptors (Lipinski definition) is 4. The molecule has 1 aromatic heterocycles. The summed E-state index contributed by atoms with van der Waals surface area (Å²) in [7, 11) is 0. The molecule has 0 bridgehead atoms. The largest absolute Gasteiger partial charge is 0.374 e. The molecule has 0 aliphatic carbocycles. The molecule has 0 saturated heterocycles. The quantitative estimate of drug-likeness (QED) is 0.653. The Morgan fingerprint density at radius 1 is 1.12 bits per heavy atom. The highest BCUT2D eigenvalue weighted by molar-refractivity contribution is 5.92. The van der Waals surface area contributed by atoms with Crippen LogP contribution in [0.25, 0.3) is 0 Å². The topological polar surface area (TPSA) is 70.4 Å². The van der Waals surface area contributed by atoms with Crippen LogP contribution in [0.4, 0.5) is 0 Å². The Hall–Kier alpha value is -2.96.